The Labute approximate surface area is 192 Å². The standard InChI is InChI=1S/C23H16ClN5O2S/c1-14-26-27-23-29(14)28-22(32-23)16-3-2-4-18(13-16)25-21(30)12-10-19-9-11-20(31-19)15-5-7-17(24)8-6-15/h2-13H,1H3,(H,25,30). The van der Waals surface area contributed by atoms with E-state index in [1.165, 1.54) is 17.4 Å². The van der Waals surface area contributed by atoms with E-state index in [1.807, 2.05) is 55.5 Å². The van der Waals surface area contributed by atoms with Crippen molar-refractivity contribution in [1.82, 2.24) is 19.8 Å². The zero-order chi connectivity index (χ0) is 22.1. The molecule has 5 aromatic rings. The molecule has 32 heavy (non-hydrogen) atoms. The van der Waals surface area contributed by atoms with Crippen molar-refractivity contribution < 1.29 is 9.21 Å². The van der Waals surface area contributed by atoms with Gasteiger partial charge in [-0.05, 0) is 61.5 Å². The number of hydrogen-bond acceptors (Lipinski definition) is 6. The number of anilines is 1. The molecule has 0 bridgehead atoms. The highest BCUT2D eigenvalue weighted by Crippen LogP contribution is 2.28. The second kappa shape index (κ2) is 8.41. The number of benzene rings is 2. The molecule has 7 nitrogen and oxygen atoms in total. The lowest BCUT2D eigenvalue weighted by Gasteiger charge is -2.03. The molecule has 0 saturated carbocycles. The Morgan fingerprint density at radius 2 is 1.94 bits per heavy atom. The summed E-state index contributed by atoms with van der Waals surface area (Å²) < 4.78 is 7.49. The van der Waals surface area contributed by atoms with Gasteiger partial charge in [-0.1, -0.05) is 35.1 Å². The van der Waals surface area contributed by atoms with Crippen molar-refractivity contribution in [2.75, 3.05) is 5.32 Å². The van der Waals surface area contributed by atoms with Crippen molar-refractivity contribution in [1.29, 1.82) is 0 Å². The Morgan fingerprint density at radius 1 is 1.09 bits per heavy atom. The van der Waals surface area contributed by atoms with Gasteiger partial charge in [0.25, 0.3) is 0 Å². The van der Waals surface area contributed by atoms with Gasteiger partial charge in [-0.15, -0.1) is 10.2 Å². The molecule has 0 radical (unpaired) electrons. The van der Waals surface area contributed by atoms with Gasteiger partial charge in [0.2, 0.25) is 10.9 Å². The lowest BCUT2D eigenvalue weighted by molar-refractivity contribution is -0.111. The first-order valence-corrected chi connectivity index (χ1v) is 10.9. The number of aryl methyl sites for hydroxylation is 1. The maximum Gasteiger partial charge on any atom is 0.248 e. The van der Waals surface area contributed by atoms with Crippen molar-refractivity contribution in [2.45, 2.75) is 6.92 Å². The van der Waals surface area contributed by atoms with Crippen molar-refractivity contribution in [3.63, 3.8) is 0 Å². The summed E-state index contributed by atoms with van der Waals surface area (Å²) in [6, 6.07) is 18.5. The van der Waals surface area contributed by atoms with Crippen molar-refractivity contribution >= 4 is 45.6 Å². The molecule has 0 fully saturated rings. The summed E-state index contributed by atoms with van der Waals surface area (Å²) in [7, 11) is 0. The molecule has 5 rings (SSSR count). The highest BCUT2D eigenvalue weighted by Gasteiger charge is 2.11. The number of carbonyl (C=O) groups is 1. The summed E-state index contributed by atoms with van der Waals surface area (Å²) in [5.41, 5.74) is 2.47. The number of nitrogens with one attached hydrogen (secondary N) is 1. The van der Waals surface area contributed by atoms with E-state index in [4.69, 9.17) is 16.0 Å². The van der Waals surface area contributed by atoms with Gasteiger partial charge in [-0.3, -0.25) is 4.79 Å². The lowest BCUT2D eigenvalue weighted by Crippen LogP contribution is -2.07. The van der Waals surface area contributed by atoms with E-state index in [-0.39, 0.29) is 5.91 Å². The number of aromatic nitrogens is 4. The third kappa shape index (κ3) is 4.18. The summed E-state index contributed by atoms with van der Waals surface area (Å²) >= 11 is 7.36. The Hall–Kier alpha value is -3.75. The molecular weight excluding hydrogens is 446 g/mol. The van der Waals surface area contributed by atoms with E-state index in [0.717, 1.165) is 26.9 Å². The minimum Gasteiger partial charge on any atom is -0.457 e. The second-order valence-corrected chi connectivity index (χ2v) is 8.35. The zero-order valence-electron chi connectivity index (χ0n) is 16.8. The maximum atomic E-state index is 12.4. The summed E-state index contributed by atoms with van der Waals surface area (Å²) in [4.78, 5) is 13.1. The minimum absolute atomic E-state index is 0.263. The first kappa shape index (κ1) is 20.2. The first-order valence-electron chi connectivity index (χ1n) is 9.69. The van der Waals surface area contributed by atoms with E-state index in [1.54, 1.807) is 22.7 Å². The van der Waals surface area contributed by atoms with E-state index in [9.17, 15) is 4.79 Å². The van der Waals surface area contributed by atoms with Crippen LogP contribution in [0.1, 0.15) is 11.6 Å². The number of nitrogens with zero attached hydrogens (tertiary/aromatic N) is 4. The number of amides is 1. The molecule has 0 atom stereocenters. The van der Waals surface area contributed by atoms with E-state index in [2.05, 4.69) is 20.6 Å². The monoisotopic (exact) mass is 461 g/mol. The predicted molar refractivity (Wildman–Crippen MR) is 126 cm³/mol. The molecule has 3 aromatic heterocycles. The van der Waals surface area contributed by atoms with Crippen LogP contribution in [0.15, 0.2) is 71.2 Å². The van der Waals surface area contributed by atoms with Crippen LogP contribution in [0.2, 0.25) is 5.02 Å². The molecule has 0 aliphatic carbocycles. The summed E-state index contributed by atoms with van der Waals surface area (Å²) in [5.74, 6) is 1.75. The smallest absolute Gasteiger partial charge is 0.248 e. The van der Waals surface area contributed by atoms with Crippen LogP contribution in [0.25, 0.3) is 32.9 Å². The predicted octanol–water partition coefficient (Wildman–Crippen LogP) is 5.73. The van der Waals surface area contributed by atoms with E-state index in [0.29, 0.717) is 22.2 Å². The Kier molecular flexibility index (Phi) is 5.30. The first-order chi connectivity index (χ1) is 15.5. The number of hydrogen-bond donors (Lipinski definition) is 1. The molecule has 1 N–H and O–H groups in total. The third-order valence-electron chi connectivity index (χ3n) is 4.68. The van der Waals surface area contributed by atoms with Gasteiger partial charge < -0.3 is 9.73 Å². The molecule has 3 heterocycles. The lowest BCUT2D eigenvalue weighted by atomic mass is 10.2. The minimum atomic E-state index is -0.263. The van der Waals surface area contributed by atoms with Crippen molar-refractivity contribution in [2.24, 2.45) is 0 Å². The average Bonchev–Trinajstić information content (AvgIpc) is 3.51. The quantitative estimate of drug-likeness (QED) is 0.338. The molecule has 2 aromatic carbocycles. The maximum absolute atomic E-state index is 12.4. The van der Waals surface area contributed by atoms with Gasteiger partial charge in [0.05, 0.1) is 0 Å². The topological polar surface area (TPSA) is 85.3 Å². The van der Waals surface area contributed by atoms with Crippen LogP contribution in [-0.4, -0.2) is 25.7 Å². The summed E-state index contributed by atoms with van der Waals surface area (Å²) in [5, 5.41) is 17.0. The van der Waals surface area contributed by atoms with Gasteiger partial charge in [0, 0.05) is 27.9 Å². The van der Waals surface area contributed by atoms with Gasteiger partial charge in [0.1, 0.15) is 16.5 Å². The van der Waals surface area contributed by atoms with Gasteiger partial charge in [0.15, 0.2) is 5.82 Å². The van der Waals surface area contributed by atoms with Crippen LogP contribution < -0.4 is 5.32 Å². The average molecular weight is 462 g/mol. The zero-order valence-corrected chi connectivity index (χ0v) is 18.4. The molecule has 9 heteroatoms. The van der Waals surface area contributed by atoms with Gasteiger partial charge in [-0.2, -0.15) is 9.61 Å². The largest absolute Gasteiger partial charge is 0.457 e. The Morgan fingerprint density at radius 3 is 2.75 bits per heavy atom. The second-order valence-electron chi connectivity index (χ2n) is 6.96. The van der Waals surface area contributed by atoms with Crippen LogP contribution in [-0.2, 0) is 4.79 Å². The van der Waals surface area contributed by atoms with Crippen LogP contribution in [0.5, 0.6) is 0 Å². The van der Waals surface area contributed by atoms with E-state index >= 15 is 0 Å². The number of furan rings is 1. The fourth-order valence-electron chi connectivity index (χ4n) is 3.11. The number of fused-ring (bicyclic) bond motifs is 1. The number of rotatable bonds is 5. The third-order valence-corrected chi connectivity index (χ3v) is 5.88. The highest BCUT2D eigenvalue weighted by atomic mass is 35.5. The summed E-state index contributed by atoms with van der Waals surface area (Å²) in [6.07, 6.45) is 3.06. The molecule has 0 saturated heterocycles. The molecule has 0 unspecified atom stereocenters. The molecule has 0 aliphatic heterocycles. The van der Waals surface area contributed by atoms with Crippen LogP contribution in [0.4, 0.5) is 5.69 Å². The molecule has 0 spiro atoms. The highest BCUT2D eigenvalue weighted by molar-refractivity contribution is 7.19. The van der Waals surface area contributed by atoms with Crippen molar-refractivity contribution in [3.8, 4) is 21.9 Å². The number of carbonyl (C=O) groups excluding carboxylic acids is 1. The van der Waals surface area contributed by atoms with Crippen LogP contribution in [0, 0.1) is 6.92 Å². The Balaban J connectivity index is 1.27. The van der Waals surface area contributed by atoms with Crippen molar-refractivity contribution in [3.05, 3.63) is 83.3 Å². The van der Waals surface area contributed by atoms with Gasteiger partial charge >= 0.3 is 0 Å². The molecule has 1 amide bonds. The van der Waals surface area contributed by atoms with E-state index < -0.39 is 0 Å². The SMILES string of the molecule is Cc1nnc2sc(-c3cccc(NC(=O)C=Cc4ccc(-c5ccc(Cl)cc5)o4)c3)nn12. The van der Waals surface area contributed by atoms with Crippen LogP contribution in [0.3, 0.4) is 0 Å². The van der Waals surface area contributed by atoms with Gasteiger partial charge in [-0.25, -0.2) is 0 Å². The Bertz CT molecular complexity index is 1450. The molecule has 158 valence electrons. The number of halogens is 1. The normalized spacial score (nSPS) is 11.4. The molecular formula is C23H16ClN5O2S. The fraction of sp³-hybridized carbons (Fsp3) is 0.0435. The van der Waals surface area contributed by atoms with Crippen LogP contribution >= 0.6 is 22.9 Å². The molecule has 0 aliphatic rings. The summed E-state index contributed by atoms with van der Waals surface area (Å²) in [6.45, 7) is 1.85. The fourth-order valence-corrected chi connectivity index (χ4v) is 4.12.